The summed E-state index contributed by atoms with van der Waals surface area (Å²) in [5.41, 5.74) is 5.55. The van der Waals surface area contributed by atoms with E-state index in [0.29, 0.717) is 40.9 Å². The molecule has 2 aromatic heterocycles. The summed E-state index contributed by atoms with van der Waals surface area (Å²) in [6, 6.07) is 17.0. The Kier molecular flexibility index (Phi) is 5.55. The molecule has 7 nitrogen and oxygen atoms in total. The van der Waals surface area contributed by atoms with Crippen LogP contribution in [-0.4, -0.2) is 31.8 Å². The molecule has 6 unspecified atom stereocenters. The summed E-state index contributed by atoms with van der Waals surface area (Å²) < 4.78 is 8.24. The lowest BCUT2D eigenvalue weighted by molar-refractivity contribution is -0.0629. The number of hydrogen-bond donors (Lipinski definition) is 2. The summed E-state index contributed by atoms with van der Waals surface area (Å²) in [6.07, 6.45) is 10.7. The molecule has 0 spiro atoms. The Morgan fingerprint density at radius 1 is 1.24 bits per heavy atom. The van der Waals surface area contributed by atoms with E-state index in [-0.39, 0.29) is 17.5 Å². The second kappa shape index (κ2) is 8.99. The van der Waals surface area contributed by atoms with E-state index in [1.165, 1.54) is 17.5 Å². The molecule has 2 aliphatic carbocycles. The van der Waals surface area contributed by atoms with Crippen LogP contribution < -0.4 is 5.32 Å². The highest BCUT2D eigenvalue weighted by Crippen LogP contribution is 2.54. The predicted molar refractivity (Wildman–Crippen MR) is 145 cm³/mol. The molecule has 0 radical (unpaired) electrons. The van der Waals surface area contributed by atoms with Crippen molar-refractivity contribution in [1.29, 1.82) is 5.26 Å². The van der Waals surface area contributed by atoms with Crippen LogP contribution in [0.15, 0.2) is 59.4 Å². The Morgan fingerprint density at radius 2 is 2.13 bits per heavy atom. The minimum atomic E-state index is -0.392. The molecular weight excluding hydrogens is 474 g/mol. The summed E-state index contributed by atoms with van der Waals surface area (Å²) in [4.78, 5) is 9.05. The monoisotopic (exact) mass is 507 g/mol. The number of oxazole rings is 1. The highest BCUT2D eigenvalue weighted by Gasteiger charge is 2.49. The van der Waals surface area contributed by atoms with Crippen molar-refractivity contribution < 1.29 is 9.52 Å². The minimum Gasteiger partial charge on any atom is -0.424 e. The Balaban J connectivity index is 1.12. The molecule has 2 bridgehead atoms. The van der Waals surface area contributed by atoms with E-state index in [2.05, 4.69) is 57.1 Å². The number of aromatic nitrogens is 3. The lowest BCUT2D eigenvalue weighted by atomic mass is 9.56. The Hall–Kier alpha value is -3.63. The lowest BCUT2D eigenvalue weighted by Crippen LogP contribution is -2.49. The van der Waals surface area contributed by atoms with Gasteiger partial charge in [-0.2, -0.15) is 10.2 Å². The maximum atomic E-state index is 11.9. The molecule has 2 aromatic carbocycles. The van der Waals surface area contributed by atoms with Gasteiger partial charge in [0.05, 0.1) is 42.0 Å². The van der Waals surface area contributed by atoms with Gasteiger partial charge in [-0.15, -0.1) is 0 Å². The number of benzene rings is 2. The van der Waals surface area contributed by atoms with Crippen molar-refractivity contribution in [2.75, 3.05) is 5.32 Å². The van der Waals surface area contributed by atoms with Crippen molar-refractivity contribution >= 4 is 17.1 Å². The van der Waals surface area contributed by atoms with Crippen molar-refractivity contribution in [3.05, 3.63) is 66.1 Å². The van der Waals surface area contributed by atoms with Gasteiger partial charge in [-0.1, -0.05) is 31.2 Å². The maximum absolute atomic E-state index is 11.9. The number of rotatable bonds is 6. The van der Waals surface area contributed by atoms with Crippen LogP contribution >= 0.6 is 0 Å². The van der Waals surface area contributed by atoms with E-state index >= 15 is 0 Å². The van der Waals surface area contributed by atoms with Crippen LogP contribution in [0.1, 0.15) is 69.0 Å². The molecule has 3 heterocycles. The first-order valence-electron chi connectivity index (χ1n) is 13.9. The van der Waals surface area contributed by atoms with Gasteiger partial charge in [0.1, 0.15) is 5.52 Å². The molecule has 2 N–H and O–H groups in total. The zero-order valence-corrected chi connectivity index (χ0v) is 21.7. The van der Waals surface area contributed by atoms with Crippen LogP contribution in [0.25, 0.3) is 22.4 Å². The number of nitrogens with one attached hydrogen (secondary N) is 1. The molecule has 6 atom stereocenters. The fourth-order valence-corrected chi connectivity index (χ4v) is 7.79. The molecule has 194 valence electrons. The molecule has 7 rings (SSSR count). The number of nitrogens with zero attached hydrogens (tertiary/aromatic N) is 4. The fourth-order valence-electron chi connectivity index (χ4n) is 7.79. The van der Waals surface area contributed by atoms with E-state index < -0.39 is 6.10 Å². The largest absolute Gasteiger partial charge is 0.424 e. The quantitative estimate of drug-likeness (QED) is 0.317. The third-order valence-electron chi connectivity index (χ3n) is 9.74. The van der Waals surface area contributed by atoms with Crippen molar-refractivity contribution in [1.82, 2.24) is 14.5 Å². The van der Waals surface area contributed by atoms with Gasteiger partial charge in [-0.05, 0) is 86.0 Å². The zero-order valence-electron chi connectivity index (χ0n) is 21.7. The second-order valence-electron chi connectivity index (χ2n) is 11.7. The number of nitriles is 1. The van der Waals surface area contributed by atoms with Gasteiger partial charge in [0.15, 0.2) is 5.58 Å². The number of aliphatic hydroxyl groups is 1. The summed E-state index contributed by atoms with van der Waals surface area (Å²) in [5.74, 6) is 1.10. The Morgan fingerprint density at radius 3 is 3.00 bits per heavy atom. The van der Waals surface area contributed by atoms with Crippen LogP contribution in [0, 0.1) is 28.6 Å². The van der Waals surface area contributed by atoms with Crippen LogP contribution in [0.4, 0.5) is 6.01 Å². The smallest absolute Gasteiger partial charge is 0.295 e. The summed E-state index contributed by atoms with van der Waals surface area (Å²) >= 11 is 0. The van der Waals surface area contributed by atoms with E-state index in [1.807, 2.05) is 18.6 Å². The first-order valence-corrected chi connectivity index (χ1v) is 13.9. The first kappa shape index (κ1) is 23.5. The molecule has 1 aliphatic heterocycles. The van der Waals surface area contributed by atoms with Crippen molar-refractivity contribution in [3.63, 3.8) is 0 Å². The Bertz CT molecular complexity index is 1530. The fraction of sp³-hybridized carbons (Fsp3) is 0.452. The van der Waals surface area contributed by atoms with E-state index in [0.717, 1.165) is 37.8 Å². The molecule has 3 aliphatic rings. The number of hydrogen-bond acceptors (Lipinski definition) is 6. The SMILES string of the molecule is CCC1(C(O)CC2c3ccccc3-c3cncn32)CC2CCC(Nc3nc4cc(C#N)ccc4o3)C(C2)C1. The standard InChI is InChI=1S/C31H33N5O2/c1-2-31(29(37)13-26-22-5-3-4-6-23(22)27-17-33-18-36(26)27)14-19-7-9-24(21(11-19)15-31)34-30-35-25-12-20(16-32)8-10-28(25)38-30/h3-6,8,10,12,17-19,21,24,26,29,37H,2,7,9,11,13-15H2,1H3,(H,34,35). The van der Waals surface area contributed by atoms with Gasteiger partial charge < -0.3 is 19.4 Å². The highest BCUT2D eigenvalue weighted by molar-refractivity contribution is 5.76. The number of imidazole rings is 1. The number of aliphatic hydroxyl groups excluding tert-OH is 1. The molecule has 4 aromatic rings. The van der Waals surface area contributed by atoms with Gasteiger partial charge in [-0.3, -0.25) is 0 Å². The molecule has 7 heteroatoms. The maximum Gasteiger partial charge on any atom is 0.295 e. The normalized spacial score (nSPS) is 28.4. The molecule has 38 heavy (non-hydrogen) atoms. The molecule has 0 amide bonds. The molecule has 2 saturated carbocycles. The van der Waals surface area contributed by atoms with Crippen LogP contribution in [0.2, 0.25) is 0 Å². The minimum absolute atomic E-state index is 0.102. The first-order chi connectivity index (χ1) is 18.6. The van der Waals surface area contributed by atoms with Gasteiger partial charge in [-0.25, -0.2) is 4.98 Å². The van der Waals surface area contributed by atoms with Crippen molar-refractivity contribution in [2.45, 2.75) is 70.1 Å². The Labute approximate surface area is 222 Å². The third kappa shape index (κ3) is 3.73. The average molecular weight is 508 g/mol. The van der Waals surface area contributed by atoms with Crippen molar-refractivity contribution in [2.24, 2.45) is 17.3 Å². The van der Waals surface area contributed by atoms with Crippen molar-refractivity contribution in [3.8, 4) is 17.3 Å². The van der Waals surface area contributed by atoms with Crippen LogP contribution in [0.5, 0.6) is 0 Å². The average Bonchev–Trinajstić information content (AvgIpc) is 3.65. The van der Waals surface area contributed by atoms with Gasteiger partial charge in [0, 0.05) is 11.6 Å². The number of fused-ring (bicyclic) bond motifs is 6. The topological polar surface area (TPSA) is 99.9 Å². The zero-order chi connectivity index (χ0) is 25.9. The van der Waals surface area contributed by atoms with Gasteiger partial charge >= 0.3 is 0 Å². The number of anilines is 1. The van der Waals surface area contributed by atoms with Gasteiger partial charge in [0.25, 0.3) is 6.01 Å². The highest BCUT2D eigenvalue weighted by atomic mass is 16.4. The van der Waals surface area contributed by atoms with Crippen LogP contribution in [0.3, 0.4) is 0 Å². The summed E-state index contributed by atoms with van der Waals surface area (Å²) in [5, 5.41) is 24.7. The van der Waals surface area contributed by atoms with Crippen LogP contribution in [-0.2, 0) is 0 Å². The van der Waals surface area contributed by atoms with E-state index in [9.17, 15) is 10.4 Å². The second-order valence-corrected chi connectivity index (χ2v) is 11.7. The predicted octanol–water partition coefficient (Wildman–Crippen LogP) is 6.30. The van der Waals surface area contributed by atoms with E-state index in [1.54, 1.807) is 12.1 Å². The summed E-state index contributed by atoms with van der Waals surface area (Å²) in [6.45, 7) is 2.26. The third-order valence-corrected chi connectivity index (χ3v) is 9.74. The summed E-state index contributed by atoms with van der Waals surface area (Å²) in [7, 11) is 0. The lowest BCUT2D eigenvalue weighted by Gasteiger charge is -2.52. The molecule has 2 fully saturated rings. The molecular formula is C31H33N5O2. The van der Waals surface area contributed by atoms with E-state index in [4.69, 9.17) is 4.42 Å². The molecule has 0 saturated heterocycles. The van der Waals surface area contributed by atoms with Gasteiger partial charge in [0.2, 0.25) is 0 Å².